The van der Waals surface area contributed by atoms with Crippen molar-refractivity contribution in [1.29, 1.82) is 0 Å². The Kier molecular flexibility index (Phi) is 8.72. The average molecular weight is 440 g/mol. The van der Waals surface area contributed by atoms with E-state index in [1.807, 2.05) is 30.5 Å². The van der Waals surface area contributed by atoms with E-state index < -0.39 is 0 Å². The zero-order valence-corrected chi connectivity index (χ0v) is 18.6. The van der Waals surface area contributed by atoms with Crippen molar-refractivity contribution in [3.05, 3.63) is 46.0 Å². The van der Waals surface area contributed by atoms with Crippen LogP contribution in [0.4, 0.5) is 0 Å². The molecule has 0 bridgehead atoms. The minimum Gasteiger partial charge on any atom is -0.355 e. The first-order valence-corrected chi connectivity index (χ1v) is 10.1. The quantitative estimate of drug-likeness (QED) is 0.487. The second-order valence-electron chi connectivity index (χ2n) is 6.71. The third-order valence-corrected chi connectivity index (χ3v) is 5.06. The number of nitrogens with zero attached hydrogens (tertiary/aromatic N) is 5. The minimum atomic E-state index is -0.0911. The molecule has 2 rings (SSSR count). The van der Waals surface area contributed by atoms with Gasteiger partial charge in [-0.15, -0.1) is 10.2 Å². The number of amides is 1. The summed E-state index contributed by atoms with van der Waals surface area (Å²) in [5.74, 6) is 1.37. The molecule has 1 aromatic carbocycles. The van der Waals surface area contributed by atoms with Crippen LogP contribution in [-0.2, 0) is 17.8 Å². The maximum absolute atomic E-state index is 11.9. The fourth-order valence-electron chi connectivity index (χ4n) is 2.55. The first kappa shape index (κ1) is 23.0. The number of halogens is 2. The Hall–Kier alpha value is -2.32. The number of carbonyl (C=O) groups is 1. The number of carbonyl (C=O) groups excluding carboxylic acids is 1. The van der Waals surface area contributed by atoms with Crippen LogP contribution in [0.3, 0.4) is 0 Å². The summed E-state index contributed by atoms with van der Waals surface area (Å²) in [4.78, 5) is 17.9. The molecule has 1 atom stereocenters. The third-order valence-electron chi connectivity index (χ3n) is 4.33. The molecule has 0 fully saturated rings. The van der Waals surface area contributed by atoms with E-state index in [-0.39, 0.29) is 18.5 Å². The summed E-state index contributed by atoms with van der Waals surface area (Å²) < 4.78 is 1.98. The summed E-state index contributed by atoms with van der Waals surface area (Å²) in [7, 11) is 3.41. The summed E-state index contributed by atoms with van der Waals surface area (Å²) >= 11 is 12.1. The van der Waals surface area contributed by atoms with E-state index in [9.17, 15) is 4.79 Å². The predicted molar refractivity (Wildman–Crippen MR) is 116 cm³/mol. The minimum absolute atomic E-state index is 0.0449. The SMILES string of the molecule is CCc1nncn1CCNC(=NCC(=O)N(C)C)NC(C)c1ccc(Cl)c(Cl)c1. The van der Waals surface area contributed by atoms with Gasteiger partial charge in [-0.25, -0.2) is 4.99 Å². The Balaban J connectivity index is 2.06. The fourth-order valence-corrected chi connectivity index (χ4v) is 2.85. The van der Waals surface area contributed by atoms with E-state index in [0.717, 1.165) is 17.8 Å². The Morgan fingerprint density at radius 2 is 2.07 bits per heavy atom. The van der Waals surface area contributed by atoms with E-state index in [2.05, 4.69) is 25.8 Å². The number of aromatic nitrogens is 3. The fraction of sp³-hybridized carbons (Fsp3) is 0.474. The number of hydrogen-bond donors (Lipinski definition) is 2. The lowest BCUT2D eigenvalue weighted by Crippen LogP contribution is -2.41. The molecule has 0 spiro atoms. The number of hydrogen-bond acceptors (Lipinski definition) is 4. The lowest BCUT2D eigenvalue weighted by molar-refractivity contribution is -0.127. The smallest absolute Gasteiger partial charge is 0.243 e. The number of aryl methyl sites for hydroxylation is 1. The van der Waals surface area contributed by atoms with Crippen molar-refractivity contribution in [2.24, 2.45) is 4.99 Å². The summed E-state index contributed by atoms with van der Waals surface area (Å²) in [6.45, 7) is 5.34. The average Bonchev–Trinajstić information content (AvgIpc) is 3.15. The van der Waals surface area contributed by atoms with Crippen LogP contribution in [0.2, 0.25) is 10.0 Å². The Bertz CT molecular complexity index is 851. The summed E-state index contributed by atoms with van der Waals surface area (Å²) in [5, 5.41) is 15.6. The molecule has 8 nitrogen and oxygen atoms in total. The molecule has 1 aromatic heterocycles. The van der Waals surface area contributed by atoms with E-state index >= 15 is 0 Å². The van der Waals surface area contributed by atoms with Crippen LogP contribution >= 0.6 is 23.2 Å². The summed E-state index contributed by atoms with van der Waals surface area (Å²) in [6, 6.07) is 5.38. The van der Waals surface area contributed by atoms with Gasteiger partial charge < -0.3 is 20.1 Å². The number of guanidine groups is 1. The zero-order chi connectivity index (χ0) is 21.4. The molecular formula is C19H27Cl2N7O. The molecule has 1 amide bonds. The third kappa shape index (κ3) is 6.90. The first-order chi connectivity index (χ1) is 13.8. The van der Waals surface area contributed by atoms with Gasteiger partial charge in [0.15, 0.2) is 5.96 Å². The number of benzene rings is 1. The van der Waals surface area contributed by atoms with E-state index in [4.69, 9.17) is 23.2 Å². The van der Waals surface area contributed by atoms with Crippen molar-refractivity contribution >= 4 is 35.1 Å². The number of nitrogens with one attached hydrogen (secondary N) is 2. The van der Waals surface area contributed by atoms with Crippen molar-refractivity contribution in [3.8, 4) is 0 Å². The van der Waals surface area contributed by atoms with Gasteiger partial charge in [-0.1, -0.05) is 36.2 Å². The van der Waals surface area contributed by atoms with Crippen molar-refractivity contribution in [3.63, 3.8) is 0 Å². The first-order valence-electron chi connectivity index (χ1n) is 9.38. The Morgan fingerprint density at radius 1 is 1.31 bits per heavy atom. The molecule has 0 aliphatic carbocycles. The van der Waals surface area contributed by atoms with Crippen LogP contribution in [0.1, 0.15) is 31.3 Å². The second-order valence-corrected chi connectivity index (χ2v) is 7.53. The lowest BCUT2D eigenvalue weighted by Gasteiger charge is -2.20. The zero-order valence-electron chi connectivity index (χ0n) is 17.1. The molecular weight excluding hydrogens is 413 g/mol. The molecule has 2 aromatic rings. The van der Waals surface area contributed by atoms with E-state index in [1.165, 1.54) is 4.90 Å². The highest BCUT2D eigenvalue weighted by Crippen LogP contribution is 2.25. The molecule has 29 heavy (non-hydrogen) atoms. The van der Waals surface area contributed by atoms with Gasteiger partial charge in [0.25, 0.3) is 0 Å². The van der Waals surface area contributed by atoms with Gasteiger partial charge in [-0.2, -0.15) is 0 Å². The highest BCUT2D eigenvalue weighted by Gasteiger charge is 2.11. The molecule has 1 heterocycles. The maximum Gasteiger partial charge on any atom is 0.243 e. The van der Waals surface area contributed by atoms with Gasteiger partial charge in [-0.05, 0) is 24.6 Å². The van der Waals surface area contributed by atoms with E-state index in [1.54, 1.807) is 26.5 Å². The topological polar surface area (TPSA) is 87.4 Å². The molecule has 0 saturated carbocycles. The molecule has 0 saturated heterocycles. The van der Waals surface area contributed by atoms with Crippen LogP contribution in [0.5, 0.6) is 0 Å². The predicted octanol–water partition coefficient (Wildman–Crippen LogP) is 2.53. The van der Waals surface area contributed by atoms with Gasteiger partial charge in [0.05, 0.1) is 16.1 Å². The van der Waals surface area contributed by atoms with Crippen LogP contribution in [0, 0.1) is 0 Å². The Morgan fingerprint density at radius 3 is 2.72 bits per heavy atom. The number of likely N-dealkylation sites (N-methyl/N-ethyl adjacent to an activating group) is 1. The normalized spacial score (nSPS) is 12.6. The highest BCUT2D eigenvalue weighted by atomic mass is 35.5. The molecule has 158 valence electrons. The van der Waals surface area contributed by atoms with Crippen LogP contribution in [0.15, 0.2) is 29.5 Å². The van der Waals surface area contributed by atoms with Crippen molar-refractivity contribution < 1.29 is 4.79 Å². The lowest BCUT2D eigenvalue weighted by atomic mass is 10.1. The van der Waals surface area contributed by atoms with Crippen LogP contribution in [-0.4, -0.2) is 58.7 Å². The van der Waals surface area contributed by atoms with Gasteiger partial charge in [0, 0.05) is 33.6 Å². The van der Waals surface area contributed by atoms with Gasteiger partial charge in [-0.3, -0.25) is 4.79 Å². The van der Waals surface area contributed by atoms with Gasteiger partial charge in [0.1, 0.15) is 18.7 Å². The summed E-state index contributed by atoms with van der Waals surface area (Å²) in [6.07, 6.45) is 2.52. The number of rotatable bonds is 8. The molecule has 10 heteroatoms. The van der Waals surface area contributed by atoms with Crippen LogP contribution < -0.4 is 10.6 Å². The Labute approximate surface area is 181 Å². The maximum atomic E-state index is 11.9. The highest BCUT2D eigenvalue weighted by molar-refractivity contribution is 6.42. The van der Waals surface area contributed by atoms with Gasteiger partial charge >= 0.3 is 0 Å². The van der Waals surface area contributed by atoms with Crippen LogP contribution in [0.25, 0.3) is 0 Å². The molecule has 0 aliphatic heterocycles. The standard InChI is InChI=1S/C19H27Cl2N7O/c1-5-17-26-24-12-28(17)9-8-22-19(23-11-18(29)27(3)4)25-13(2)14-6-7-15(20)16(21)10-14/h6-7,10,12-13H,5,8-9,11H2,1-4H3,(H2,22,23,25). The molecule has 0 radical (unpaired) electrons. The van der Waals surface area contributed by atoms with Crippen molar-refractivity contribution in [1.82, 2.24) is 30.3 Å². The molecule has 0 aliphatic rings. The molecule has 1 unspecified atom stereocenters. The van der Waals surface area contributed by atoms with Crippen molar-refractivity contribution in [2.45, 2.75) is 32.9 Å². The second kappa shape index (κ2) is 11.0. The monoisotopic (exact) mass is 439 g/mol. The largest absolute Gasteiger partial charge is 0.355 e. The van der Waals surface area contributed by atoms with Crippen molar-refractivity contribution in [2.75, 3.05) is 27.2 Å². The van der Waals surface area contributed by atoms with Gasteiger partial charge in [0.2, 0.25) is 5.91 Å². The van der Waals surface area contributed by atoms with E-state index in [0.29, 0.717) is 29.1 Å². The molecule has 2 N–H and O–H groups in total. The number of aliphatic imine (C=N–C) groups is 1. The summed E-state index contributed by atoms with van der Waals surface area (Å²) in [5.41, 5.74) is 0.958.